The van der Waals surface area contributed by atoms with Crippen LogP contribution in [0.1, 0.15) is 11.1 Å². The van der Waals surface area contributed by atoms with Gasteiger partial charge >= 0.3 is 5.24 Å². The van der Waals surface area contributed by atoms with E-state index in [2.05, 4.69) is 4.83 Å². The number of hydrogen-bond donors (Lipinski definition) is 1. The highest BCUT2D eigenvalue weighted by Gasteiger charge is 2.35. The van der Waals surface area contributed by atoms with Crippen molar-refractivity contribution in [1.82, 2.24) is 9.84 Å². The monoisotopic (exact) mass is 390 g/mol. The van der Waals surface area contributed by atoms with Gasteiger partial charge in [0.1, 0.15) is 4.99 Å². The third-order valence-corrected chi connectivity index (χ3v) is 6.17. The normalized spacial score (nSPS) is 16.7. The molecule has 3 rings (SSSR count). The topological polar surface area (TPSA) is 66.5 Å². The lowest BCUT2D eigenvalue weighted by Gasteiger charge is -2.16. The molecule has 0 aromatic heterocycles. The lowest BCUT2D eigenvalue weighted by Crippen LogP contribution is -2.44. The Labute approximate surface area is 155 Å². The minimum atomic E-state index is -3.90. The van der Waals surface area contributed by atoms with Crippen LogP contribution in [0.15, 0.2) is 64.4 Å². The summed E-state index contributed by atoms with van der Waals surface area (Å²) in [7, 11) is -3.90. The molecule has 1 saturated heterocycles. The van der Waals surface area contributed by atoms with Gasteiger partial charge in [-0.2, -0.15) is 0 Å². The lowest BCUT2D eigenvalue weighted by molar-refractivity contribution is 0.241. The zero-order valence-corrected chi connectivity index (χ0v) is 15.6. The van der Waals surface area contributed by atoms with E-state index in [0.29, 0.717) is 4.91 Å². The molecule has 2 aromatic carbocycles. The lowest BCUT2D eigenvalue weighted by atomic mass is 10.2. The molecule has 0 unspecified atom stereocenters. The quantitative estimate of drug-likeness (QED) is 0.637. The average Bonchev–Trinajstić information content (AvgIpc) is 2.83. The second-order valence-electron chi connectivity index (χ2n) is 5.34. The molecule has 1 N–H and O–H groups in total. The maximum atomic E-state index is 12.5. The predicted molar refractivity (Wildman–Crippen MR) is 103 cm³/mol. The maximum absolute atomic E-state index is 12.5. The first-order valence-corrected chi connectivity index (χ1v) is 10.00. The Hall–Kier alpha value is -2.00. The Morgan fingerprint density at radius 3 is 2.36 bits per heavy atom. The Bertz CT molecular complexity index is 952. The van der Waals surface area contributed by atoms with Crippen LogP contribution < -0.4 is 4.83 Å². The van der Waals surface area contributed by atoms with Crippen LogP contribution in [0.4, 0.5) is 4.79 Å². The van der Waals surface area contributed by atoms with Crippen LogP contribution in [0, 0.1) is 6.92 Å². The largest absolute Gasteiger partial charge is 0.307 e. The number of amides is 1. The molecule has 128 valence electrons. The number of hydrazine groups is 1. The number of hydrogen-bond acceptors (Lipinski definition) is 5. The molecule has 0 radical (unpaired) electrons. The molecule has 25 heavy (non-hydrogen) atoms. The summed E-state index contributed by atoms with van der Waals surface area (Å²) in [6, 6.07) is 15.7. The van der Waals surface area contributed by atoms with E-state index in [4.69, 9.17) is 12.2 Å². The summed E-state index contributed by atoms with van der Waals surface area (Å²) >= 11 is 6.16. The number of carbonyl (C=O) groups is 1. The van der Waals surface area contributed by atoms with Gasteiger partial charge in [-0.05, 0) is 42.5 Å². The van der Waals surface area contributed by atoms with Crippen LogP contribution in [0.2, 0.25) is 0 Å². The molecule has 0 spiro atoms. The Morgan fingerprint density at radius 2 is 1.72 bits per heavy atom. The van der Waals surface area contributed by atoms with E-state index in [-0.39, 0.29) is 9.88 Å². The molecule has 0 saturated carbocycles. The number of thioether (sulfide) groups is 1. The fourth-order valence-corrected chi connectivity index (χ4v) is 4.43. The Balaban J connectivity index is 1.83. The fraction of sp³-hybridized carbons (Fsp3) is 0.0588. The Kier molecular flexibility index (Phi) is 5.05. The molecule has 1 aliphatic rings. The van der Waals surface area contributed by atoms with Gasteiger partial charge in [-0.15, -0.1) is 4.83 Å². The molecule has 1 heterocycles. The van der Waals surface area contributed by atoms with E-state index < -0.39 is 15.3 Å². The average molecular weight is 391 g/mol. The first-order valence-electron chi connectivity index (χ1n) is 7.29. The number of carbonyl (C=O) groups excluding carboxylic acids is 1. The summed E-state index contributed by atoms with van der Waals surface area (Å²) in [5.41, 5.74) is 1.82. The number of thiocarbonyl (C=S) groups is 1. The minimum absolute atomic E-state index is 0.0687. The highest BCUT2D eigenvalue weighted by atomic mass is 32.2. The third-order valence-electron chi connectivity index (χ3n) is 3.43. The maximum Gasteiger partial charge on any atom is 0.307 e. The number of nitrogens with one attached hydrogen (secondary N) is 1. The molecule has 1 amide bonds. The molecular weight excluding hydrogens is 376 g/mol. The van der Waals surface area contributed by atoms with Crippen LogP contribution >= 0.6 is 24.0 Å². The highest BCUT2D eigenvalue weighted by molar-refractivity contribution is 8.19. The van der Waals surface area contributed by atoms with Crippen LogP contribution in [0.25, 0.3) is 6.08 Å². The zero-order valence-electron chi connectivity index (χ0n) is 13.2. The fourth-order valence-electron chi connectivity index (χ4n) is 2.14. The first-order chi connectivity index (χ1) is 11.9. The van der Waals surface area contributed by atoms with E-state index >= 15 is 0 Å². The molecule has 1 fully saturated rings. The van der Waals surface area contributed by atoms with Crippen molar-refractivity contribution in [3.05, 3.63) is 70.6 Å². The molecule has 5 nitrogen and oxygen atoms in total. The van der Waals surface area contributed by atoms with Crippen molar-refractivity contribution in [2.24, 2.45) is 0 Å². The zero-order chi connectivity index (χ0) is 18.0. The second kappa shape index (κ2) is 7.09. The van der Waals surface area contributed by atoms with E-state index in [1.165, 1.54) is 12.1 Å². The van der Waals surface area contributed by atoms with Crippen LogP contribution in [0.3, 0.4) is 0 Å². The van der Waals surface area contributed by atoms with Gasteiger partial charge in [-0.1, -0.05) is 60.2 Å². The number of benzene rings is 2. The van der Waals surface area contributed by atoms with Crippen molar-refractivity contribution in [3.63, 3.8) is 0 Å². The van der Waals surface area contributed by atoms with Gasteiger partial charge in [-0.3, -0.25) is 4.79 Å². The molecule has 8 heteroatoms. The molecule has 0 aliphatic carbocycles. The van der Waals surface area contributed by atoms with E-state index in [0.717, 1.165) is 27.9 Å². The smallest absolute Gasteiger partial charge is 0.259 e. The van der Waals surface area contributed by atoms with Gasteiger partial charge in [0.15, 0.2) is 0 Å². The predicted octanol–water partition coefficient (Wildman–Crippen LogP) is 3.73. The van der Waals surface area contributed by atoms with Crippen molar-refractivity contribution in [2.45, 2.75) is 11.8 Å². The first kappa shape index (κ1) is 17.8. The third kappa shape index (κ3) is 3.98. The number of nitrogens with zero attached hydrogens (tertiary/aromatic N) is 1. The summed E-state index contributed by atoms with van der Waals surface area (Å²) in [5.74, 6) is 0. The standard InChI is InChI=1S/C17H14N2O3S3/c1-12-7-9-14(10-8-12)25(21,22)18-19-16(23)15(24-17(19)20)11-13-5-3-2-4-6-13/h2-11,18H,1H3/b15-11-. The van der Waals surface area contributed by atoms with Gasteiger partial charge in [0.05, 0.1) is 9.80 Å². The van der Waals surface area contributed by atoms with E-state index in [1.807, 2.05) is 37.3 Å². The van der Waals surface area contributed by atoms with Crippen molar-refractivity contribution in [1.29, 1.82) is 0 Å². The summed E-state index contributed by atoms with van der Waals surface area (Å²) < 4.78 is 24.9. The summed E-state index contributed by atoms with van der Waals surface area (Å²) in [6.45, 7) is 1.86. The molecule has 2 aromatic rings. The van der Waals surface area contributed by atoms with Crippen molar-refractivity contribution < 1.29 is 13.2 Å². The SMILES string of the molecule is Cc1ccc(S(=O)(=O)NN2C(=O)S/C(=C\c3ccccc3)C2=S)cc1. The van der Waals surface area contributed by atoms with E-state index in [1.54, 1.807) is 18.2 Å². The van der Waals surface area contributed by atoms with Crippen molar-refractivity contribution >= 4 is 50.3 Å². The van der Waals surface area contributed by atoms with Crippen molar-refractivity contribution in [2.75, 3.05) is 0 Å². The Morgan fingerprint density at radius 1 is 1.08 bits per heavy atom. The summed E-state index contributed by atoms with van der Waals surface area (Å²) in [6.07, 6.45) is 1.76. The van der Waals surface area contributed by atoms with E-state index in [9.17, 15) is 13.2 Å². The molecular formula is C17H14N2O3S3. The van der Waals surface area contributed by atoms with Gasteiger partial charge in [-0.25, -0.2) is 13.4 Å². The van der Waals surface area contributed by atoms with Crippen molar-refractivity contribution in [3.8, 4) is 0 Å². The number of rotatable bonds is 4. The molecule has 0 bridgehead atoms. The van der Waals surface area contributed by atoms with Gasteiger partial charge in [0, 0.05) is 0 Å². The second-order valence-corrected chi connectivity index (χ2v) is 8.38. The van der Waals surface area contributed by atoms with Crippen LogP contribution in [-0.4, -0.2) is 23.7 Å². The van der Waals surface area contributed by atoms with Gasteiger partial charge in [0.25, 0.3) is 10.0 Å². The number of sulfonamides is 1. The van der Waals surface area contributed by atoms with Gasteiger partial charge in [0.2, 0.25) is 0 Å². The molecule has 1 aliphatic heterocycles. The summed E-state index contributed by atoms with van der Waals surface area (Å²) in [5, 5.41) is 0.409. The minimum Gasteiger partial charge on any atom is -0.259 e. The number of aryl methyl sites for hydroxylation is 1. The summed E-state index contributed by atoms with van der Waals surface area (Å²) in [4.78, 5) is 15.2. The molecule has 0 atom stereocenters. The highest BCUT2D eigenvalue weighted by Crippen LogP contribution is 2.32. The van der Waals surface area contributed by atoms with Crippen LogP contribution in [0.5, 0.6) is 0 Å². The van der Waals surface area contributed by atoms with Gasteiger partial charge < -0.3 is 0 Å². The van der Waals surface area contributed by atoms with Crippen LogP contribution in [-0.2, 0) is 10.0 Å².